The van der Waals surface area contributed by atoms with Crippen LogP contribution < -0.4 is 10.1 Å². The lowest BCUT2D eigenvalue weighted by Gasteiger charge is -2.09. The molecule has 0 atom stereocenters. The third-order valence-electron chi connectivity index (χ3n) is 3.14. The van der Waals surface area contributed by atoms with E-state index >= 15 is 0 Å². The first-order chi connectivity index (χ1) is 10.1. The molecule has 0 fully saturated rings. The molecule has 3 nitrogen and oxygen atoms in total. The molecule has 0 radical (unpaired) electrons. The highest BCUT2D eigenvalue weighted by atomic mass is 127. The summed E-state index contributed by atoms with van der Waals surface area (Å²) < 4.78 is 6.66. The van der Waals surface area contributed by atoms with Gasteiger partial charge in [-0.3, -0.25) is 4.79 Å². The van der Waals surface area contributed by atoms with Crippen molar-refractivity contribution in [2.45, 2.75) is 20.3 Å². The van der Waals surface area contributed by atoms with Gasteiger partial charge in [0.05, 0.1) is 0 Å². The number of amides is 1. The minimum atomic E-state index is -0.157. The largest absolute Gasteiger partial charge is 0.484 e. The number of rotatable bonds is 5. The van der Waals surface area contributed by atoms with Crippen LogP contribution in [0.1, 0.15) is 18.1 Å². The molecule has 0 aromatic heterocycles. The van der Waals surface area contributed by atoms with Gasteiger partial charge in [0.15, 0.2) is 6.61 Å². The van der Waals surface area contributed by atoms with Gasteiger partial charge in [0.1, 0.15) is 5.75 Å². The van der Waals surface area contributed by atoms with Gasteiger partial charge in [-0.2, -0.15) is 0 Å². The summed E-state index contributed by atoms with van der Waals surface area (Å²) in [6.45, 7) is 4.13. The summed E-state index contributed by atoms with van der Waals surface area (Å²) in [5, 5.41) is 2.84. The van der Waals surface area contributed by atoms with Gasteiger partial charge in [-0.1, -0.05) is 19.1 Å². The second kappa shape index (κ2) is 7.45. The number of aryl methyl sites for hydroxylation is 2. The van der Waals surface area contributed by atoms with Crippen molar-refractivity contribution in [2.24, 2.45) is 0 Å². The molecule has 0 spiro atoms. The fourth-order valence-electron chi connectivity index (χ4n) is 1.89. The molecule has 0 saturated carbocycles. The van der Waals surface area contributed by atoms with E-state index in [-0.39, 0.29) is 12.5 Å². The minimum absolute atomic E-state index is 0.0104. The molecule has 0 heterocycles. The highest BCUT2D eigenvalue weighted by Crippen LogP contribution is 2.17. The Hall–Kier alpha value is -1.56. The molecule has 2 aromatic carbocycles. The molecule has 0 unspecified atom stereocenters. The number of benzene rings is 2. The first kappa shape index (κ1) is 15.8. The number of carbonyl (C=O) groups excluding carboxylic acids is 1. The maximum atomic E-state index is 11.9. The van der Waals surface area contributed by atoms with Crippen molar-refractivity contribution in [2.75, 3.05) is 11.9 Å². The van der Waals surface area contributed by atoms with E-state index in [4.69, 9.17) is 4.74 Å². The average molecular weight is 395 g/mol. The third-order valence-corrected chi connectivity index (χ3v) is 4.35. The summed E-state index contributed by atoms with van der Waals surface area (Å²) in [5.74, 6) is 0.552. The molecule has 21 heavy (non-hydrogen) atoms. The molecular formula is C17H18INO2. The summed E-state index contributed by atoms with van der Waals surface area (Å²) in [5.41, 5.74) is 3.19. The zero-order valence-corrected chi connectivity index (χ0v) is 14.3. The number of anilines is 1. The number of ether oxygens (including phenoxy) is 1. The van der Waals surface area contributed by atoms with Gasteiger partial charge in [-0.25, -0.2) is 0 Å². The molecule has 0 aliphatic heterocycles. The first-order valence-electron chi connectivity index (χ1n) is 6.86. The van der Waals surface area contributed by atoms with Crippen molar-refractivity contribution in [1.29, 1.82) is 0 Å². The highest BCUT2D eigenvalue weighted by molar-refractivity contribution is 14.1. The van der Waals surface area contributed by atoms with E-state index in [1.807, 2.05) is 49.4 Å². The molecule has 110 valence electrons. The Morgan fingerprint density at radius 2 is 1.90 bits per heavy atom. The Morgan fingerprint density at radius 1 is 1.19 bits per heavy atom. The molecule has 0 bridgehead atoms. The number of halogens is 1. The molecular weight excluding hydrogens is 377 g/mol. The van der Waals surface area contributed by atoms with Crippen LogP contribution in [0.25, 0.3) is 0 Å². The molecule has 2 rings (SSSR count). The van der Waals surface area contributed by atoms with Crippen molar-refractivity contribution in [3.63, 3.8) is 0 Å². The van der Waals surface area contributed by atoms with Crippen molar-refractivity contribution in [3.8, 4) is 5.75 Å². The first-order valence-corrected chi connectivity index (χ1v) is 7.94. The molecule has 4 heteroatoms. The fraction of sp³-hybridized carbons (Fsp3) is 0.235. The predicted molar refractivity (Wildman–Crippen MR) is 93.8 cm³/mol. The molecule has 2 aromatic rings. The van der Waals surface area contributed by atoms with Gasteiger partial charge < -0.3 is 10.1 Å². The average Bonchev–Trinajstić information content (AvgIpc) is 2.49. The number of carbonyl (C=O) groups is 1. The van der Waals surface area contributed by atoms with Crippen LogP contribution in [0, 0.1) is 10.5 Å². The van der Waals surface area contributed by atoms with E-state index < -0.39 is 0 Å². The lowest BCUT2D eigenvalue weighted by molar-refractivity contribution is -0.118. The number of hydrogen-bond donors (Lipinski definition) is 1. The Balaban J connectivity index is 1.87. The van der Waals surface area contributed by atoms with Gasteiger partial charge in [0.2, 0.25) is 0 Å². The van der Waals surface area contributed by atoms with Crippen LogP contribution in [0.15, 0.2) is 42.5 Å². The monoisotopic (exact) mass is 395 g/mol. The normalized spacial score (nSPS) is 10.2. The Labute approximate surface area is 138 Å². The summed E-state index contributed by atoms with van der Waals surface area (Å²) >= 11 is 2.27. The second-order valence-electron chi connectivity index (χ2n) is 4.80. The maximum Gasteiger partial charge on any atom is 0.262 e. The van der Waals surface area contributed by atoms with Crippen molar-refractivity contribution in [1.82, 2.24) is 0 Å². The van der Waals surface area contributed by atoms with Crippen molar-refractivity contribution < 1.29 is 9.53 Å². The third kappa shape index (κ3) is 4.74. The zero-order valence-electron chi connectivity index (χ0n) is 12.2. The fourth-order valence-corrected chi connectivity index (χ4v) is 2.23. The van der Waals surface area contributed by atoms with Crippen LogP contribution in [0.5, 0.6) is 5.75 Å². The summed E-state index contributed by atoms with van der Waals surface area (Å²) in [7, 11) is 0. The van der Waals surface area contributed by atoms with Gasteiger partial charge >= 0.3 is 0 Å². The van der Waals surface area contributed by atoms with E-state index in [0.29, 0.717) is 5.75 Å². The standard InChI is InChI=1S/C17H18INO2/c1-3-13-4-7-15(8-5-13)21-11-17(20)19-14-6-9-16(18)12(2)10-14/h4-10H,3,11H2,1-2H3,(H,19,20). The molecule has 0 aliphatic rings. The SMILES string of the molecule is CCc1ccc(OCC(=O)Nc2ccc(I)c(C)c2)cc1. The van der Waals surface area contributed by atoms with Crippen LogP contribution in [-0.4, -0.2) is 12.5 Å². The van der Waals surface area contributed by atoms with E-state index in [1.54, 1.807) is 0 Å². The lowest BCUT2D eigenvalue weighted by atomic mass is 10.2. The highest BCUT2D eigenvalue weighted by Gasteiger charge is 2.05. The lowest BCUT2D eigenvalue weighted by Crippen LogP contribution is -2.20. The van der Waals surface area contributed by atoms with E-state index in [1.165, 1.54) is 9.13 Å². The van der Waals surface area contributed by atoms with Gasteiger partial charge in [-0.05, 0) is 77.4 Å². The molecule has 1 N–H and O–H groups in total. The van der Waals surface area contributed by atoms with Crippen LogP contribution in [0.4, 0.5) is 5.69 Å². The van der Waals surface area contributed by atoms with Crippen LogP contribution in [0.3, 0.4) is 0 Å². The topological polar surface area (TPSA) is 38.3 Å². The molecule has 1 amide bonds. The minimum Gasteiger partial charge on any atom is -0.484 e. The maximum absolute atomic E-state index is 11.9. The van der Waals surface area contributed by atoms with Gasteiger partial charge in [-0.15, -0.1) is 0 Å². The molecule has 0 aliphatic carbocycles. The Kier molecular flexibility index (Phi) is 5.61. The van der Waals surface area contributed by atoms with Gasteiger partial charge in [0.25, 0.3) is 5.91 Å². The van der Waals surface area contributed by atoms with Crippen LogP contribution in [-0.2, 0) is 11.2 Å². The van der Waals surface area contributed by atoms with Crippen LogP contribution in [0.2, 0.25) is 0 Å². The second-order valence-corrected chi connectivity index (χ2v) is 5.96. The van der Waals surface area contributed by atoms with Crippen molar-refractivity contribution >= 4 is 34.2 Å². The smallest absolute Gasteiger partial charge is 0.262 e. The summed E-state index contributed by atoms with van der Waals surface area (Å²) in [4.78, 5) is 11.9. The predicted octanol–water partition coefficient (Wildman–Crippen LogP) is 4.18. The number of nitrogens with one attached hydrogen (secondary N) is 1. The van der Waals surface area contributed by atoms with Crippen molar-refractivity contribution in [3.05, 3.63) is 57.2 Å². The zero-order chi connectivity index (χ0) is 15.2. The van der Waals surface area contributed by atoms with E-state index in [0.717, 1.165) is 17.7 Å². The van der Waals surface area contributed by atoms with E-state index in [9.17, 15) is 4.79 Å². The van der Waals surface area contributed by atoms with Gasteiger partial charge in [0, 0.05) is 9.26 Å². The summed E-state index contributed by atoms with van der Waals surface area (Å²) in [6.07, 6.45) is 0.993. The number of hydrogen-bond acceptors (Lipinski definition) is 2. The Morgan fingerprint density at radius 3 is 2.52 bits per heavy atom. The van der Waals surface area contributed by atoms with E-state index in [2.05, 4.69) is 34.8 Å². The Bertz CT molecular complexity index is 623. The quantitative estimate of drug-likeness (QED) is 0.772. The summed E-state index contributed by atoms with van der Waals surface area (Å²) in [6, 6.07) is 13.6. The molecule has 0 saturated heterocycles. The van der Waals surface area contributed by atoms with Crippen LogP contribution >= 0.6 is 22.6 Å².